The Morgan fingerprint density at radius 3 is 2.27 bits per heavy atom. The second kappa shape index (κ2) is 4.80. The van der Waals surface area contributed by atoms with E-state index in [2.05, 4.69) is 17.1 Å². The zero-order valence-electron chi connectivity index (χ0n) is 9.91. The van der Waals surface area contributed by atoms with Gasteiger partial charge in [-0.3, -0.25) is 0 Å². The predicted molar refractivity (Wildman–Crippen MR) is 62.8 cm³/mol. The lowest BCUT2D eigenvalue weighted by Crippen LogP contribution is -2.50. The second-order valence-electron chi connectivity index (χ2n) is 4.78. The maximum Gasteiger partial charge on any atom is 0.148 e. The first-order valence-corrected chi connectivity index (χ1v) is 7.50. The molecule has 0 aromatic carbocycles. The van der Waals surface area contributed by atoms with Gasteiger partial charge in [0.05, 0.1) is 5.75 Å². The molecule has 1 rings (SSSR count). The van der Waals surface area contributed by atoms with Gasteiger partial charge in [0.2, 0.25) is 0 Å². The second-order valence-corrected chi connectivity index (χ2v) is 7.04. The van der Waals surface area contributed by atoms with Crippen molar-refractivity contribution in [2.45, 2.75) is 25.3 Å². The van der Waals surface area contributed by atoms with Crippen LogP contribution in [0, 0.1) is 0 Å². The molecule has 0 aromatic rings. The number of nitrogens with one attached hydrogen (secondary N) is 1. The van der Waals surface area contributed by atoms with Gasteiger partial charge in [-0.25, -0.2) is 8.42 Å². The Balaban J connectivity index is 2.32. The van der Waals surface area contributed by atoms with E-state index < -0.39 is 9.84 Å². The molecule has 0 bridgehead atoms. The van der Waals surface area contributed by atoms with Gasteiger partial charge in [0.15, 0.2) is 0 Å². The maximum atomic E-state index is 11.0. The summed E-state index contributed by atoms with van der Waals surface area (Å²) < 4.78 is 22.0. The van der Waals surface area contributed by atoms with Crippen LogP contribution in [0.4, 0.5) is 0 Å². The molecule has 4 nitrogen and oxygen atoms in total. The van der Waals surface area contributed by atoms with Crippen LogP contribution in [0.15, 0.2) is 0 Å². The molecule has 5 heteroatoms. The van der Waals surface area contributed by atoms with E-state index in [0.717, 1.165) is 25.9 Å². The Kier molecular flexibility index (Phi) is 4.14. The highest BCUT2D eigenvalue weighted by molar-refractivity contribution is 7.90. The molecule has 0 saturated carbocycles. The number of hydrogen-bond donors (Lipinski definition) is 1. The summed E-state index contributed by atoms with van der Waals surface area (Å²) in [4.78, 5) is 2.24. The predicted octanol–water partition coefficient (Wildman–Crippen LogP) is 0.105. The third-order valence-electron chi connectivity index (χ3n) is 3.34. The van der Waals surface area contributed by atoms with Crippen molar-refractivity contribution in [1.29, 1.82) is 0 Å². The van der Waals surface area contributed by atoms with Crippen molar-refractivity contribution in [1.82, 2.24) is 10.2 Å². The molecule has 1 heterocycles. The minimum atomic E-state index is -2.82. The lowest BCUT2D eigenvalue weighted by atomic mass is 9.90. The Morgan fingerprint density at radius 1 is 1.33 bits per heavy atom. The molecule has 0 unspecified atom stereocenters. The van der Waals surface area contributed by atoms with E-state index in [1.807, 2.05) is 7.05 Å². The first kappa shape index (κ1) is 12.9. The van der Waals surface area contributed by atoms with Gasteiger partial charge >= 0.3 is 0 Å². The largest absolute Gasteiger partial charge is 0.314 e. The molecule has 0 atom stereocenters. The van der Waals surface area contributed by atoms with Crippen LogP contribution in [-0.2, 0) is 9.84 Å². The summed E-state index contributed by atoms with van der Waals surface area (Å²) in [6.45, 7) is 4.89. The van der Waals surface area contributed by atoms with Crippen LogP contribution in [0.25, 0.3) is 0 Å². The van der Waals surface area contributed by atoms with Crippen molar-refractivity contribution in [3.8, 4) is 0 Å². The average molecular weight is 234 g/mol. The molecule has 1 N–H and O–H groups in total. The van der Waals surface area contributed by atoms with Crippen molar-refractivity contribution in [2.24, 2.45) is 0 Å². The number of likely N-dealkylation sites (tertiary alicyclic amines) is 1. The molecule has 90 valence electrons. The molecule has 1 aliphatic rings. The molecule has 1 saturated heterocycles. The van der Waals surface area contributed by atoms with E-state index in [4.69, 9.17) is 0 Å². The number of nitrogens with zero attached hydrogens (tertiary/aromatic N) is 1. The molecule has 0 radical (unpaired) electrons. The smallest absolute Gasteiger partial charge is 0.148 e. The highest BCUT2D eigenvalue weighted by Gasteiger charge is 2.28. The zero-order chi connectivity index (χ0) is 11.5. The van der Waals surface area contributed by atoms with E-state index in [0.29, 0.717) is 6.54 Å². The molecule has 0 aliphatic carbocycles. The van der Waals surface area contributed by atoms with Crippen molar-refractivity contribution < 1.29 is 8.42 Å². The fourth-order valence-corrected chi connectivity index (χ4v) is 2.40. The van der Waals surface area contributed by atoms with E-state index in [1.165, 1.54) is 6.26 Å². The average Bonchev–Trinajstić information content (AvgIpc) is 2.16. The molecular weight excluding hydrogens is 212 g/mol. The summed E-state index contributed by atoms with van der Waals surface area (Å²) in [6, 6.07) is 0. The summed E-state index contributed by atoms with van der Waals surface area (Å²) in [7, 11) is -0.823. The lowest BCUT2D eigenvalue weighted by molar-refractivity contribution is 0.159. The van der Waals surface area contributed by atoms with Crippen LogP contribution >= 0.6 is 0 Å². The molecule has 0 aromatic heterocycles. The number of rotatable bonds is 4. The van der Waals surface area contributed by atoms with Crippen LogP contribution in [0.1, 0.15) is 19.8 Å². The molecule has 0 amide bonds. The van der Waals surface area contributed by atoms with Crippen molar-refractivity contribution in [3.05, 3.63) is 0 Å². The van der Waals surface area contributed by atoms with E-state index in [-0.39, 0.29) is 11.3 Å². The summed E-state index contributed by atoms with van der Waals surface area (Å²) >= 11 is 0. The van der Waals surface area contributed by atoms with E-state index in [1.54, 1.807) is 0 Å². The minimum Gasteiger partial charge on any atom is -0.314 e. The molecule has 15 heavy (non-hydrogen) atoms. The molecule has 1 fully saturated rings. The fraction of sp³-hybridized carbons (Fsp3) is 1.00. The summed E-state index contributed by atoms with van der Waals surface area (Å²) in [6.07, 6.45) is 3.48. The van der Waals surface area contributed by atoms with Crippen molar-refractivity contribution in [2.75, 3.05) is 38.7 Å². The first-order chi connectivity index (χ1) is 6.85. The normalized spacial score (nSPS) is 22.9. The zero-order valence-corrected chi connectivity index (χ0v) is 10.7. The highest BCUT2D eigenvalue weighted by atomic mass is 32.2. The Labute approximate surface area is 93.0 Å². The van der Waals surface area contributed by atoms with Gasteiger partial charge in [-0.05, 0) is 39.9 Å². The maximum absolute atomic E-state index is 11.0. The van der Waals surface area contributed by atoms with Crippen LogP contribution in [-0.4, -0.2) is 57.5 Å². The Hall–Kier alpha value is -0.130. The van der Waals surface area contributed by atoms with Crippen LogP contribution in [0.3, 0.4) is 0 Å². The molecular formula is C10H22N2O2S. The number of sulfone groups is 1. The SMILES string of the molecule is CNC1(C)CCN(CCS(C)(=O)=O)CC1. The molecule has 0 spiro atoms. The van der Waals surface area contributed by atoms with Gasteiger partial charge in [0.1, 0.15) is 9.84 Å². The Bertz CT molecular complexity index is 293. The number of hydrogen-bond acceptors (Lipinski definition) is 4. The summed E-state index contributed by atoms with van der Waals surface area (Å²) in [5.41, 5.74) is 0.238. The standard InChI is InChI=1S/C10H22N2O2S/c1-10(11-2)4-6-12(7-5-10)8-9-15(3,13)14/h11H,4-9H2,1-3H3. The lowest BCUT2D eigenvalue weighted by Gasteiger charge is -2.39. The topological polar surface area (TPSA) is 49.4 Å². The van der Waals surface area contributed by atoms with Crippen molar-refractivity contribution in [3.63, 3.8) is 0 Å². The van der Waals surface area contributed by atoms with Gasteiger partial charge in [0, 0.05) is 18.3 Å². The van der Waals surface area contributed by atoms with Crippen molar-refractivity contribution >= 4 is 9.84 Å². The van der Waals surface area contributed by atoms with Crippen LogP contribution < -0.4 is 5.32 Å². The van der Waals surface area contributed by atoms with E-state index in [9.17, 15) is 8.42 Å². The van der Waals surface area contributed by atoms with Crippen LogP contribution in [0.2, 0.25) is 0 Å². The summed E-state index contributed by atoms with van der Waals surface area (Å²) in [5, 5.41) is 3.33. The monoisotopic (exact) mass is 234 g/mol. The van der Waals surface area contributed by atoms with Gasteiger partial charge in [-0.1, -0.05) is 0 Å². The highest BCUT2D eigenvalue weighted by Crippen LogP contribution is 2.20. The quantitative estimate of drug-likeness (QED) is 0.750. The van der Waals surface area contributed by atoms with Gasteiger partial charge in [-0.2, -0.15) is 0 Å². The Morgan fingerprint density at radius 2 is 1.87 bits per heavy atom. The van der Waals surface area contributed by atoms with Gasteiger partial charge in [-0.15, -0.1) is 0 Å². The summed E-state index contributed by atoms with van der Waals surface area (Å²) in [5.74, 6) is 0.281. The van der Waals surface area contributed by atoms with Crippen LogP contribution in [0.5, 0.6) is 0 Å². The first-order valence-electron chi connectivity index (χ1n) is 5.44. The van der Waals surface area contributed by atoms with Gasteiger partial charge < -0.3 is 10.2 Å². The molecule has 1 aliphatic heterocycles. The number of piperidine rings is 1. The minimum absolute atomic E-state index is 0.238. The third-order valence-corrected chi connectivity index (χ3v) is 4.27. The van der Waals surface area contributed by atoms with E-state index >= 15 is 0 Å². The van der Waals surface area contributed by atoms with Gasteiger partial charge in [0.25, 0.3) is 0 Å². The fourth-order valence-electron chi connectivity index (χ4n) is 1.82. The third kappa shape index (κ3) is 4.49.